The second-order valence-corrected chi connectivity index (χ2v) is 4.55. The molecule has 0 saturated carbocycles. The molecule has 1 rings (SSSR count). The fourth-order valence-electron chi connectivity index (χ4n) is 0.879. The number of carbonyl (C=O) groups is 1. The van der Waals surface area contributed by atoms with Crippen molar-refractivity contribution in [3.05, 3.63) is 34.4 Å². The van der Waals surface area contributed by atoms with Crippen LogP contribution >= 0.6 is 31.9 Å². The minimum absolute atomic E-state index is 0.0457. The molecule has 0 spiro atoms. The highest BCUT2D eigenvalue weighted by molar-refractivity contribution is 9.12. The summed E-state index contributed by atoms with van der Waals surface area (Å²) in [4.78, 5) is 20.7. The molecule has 0 aromatic heterocycles. The summed E-state index contributed by atoms with van der Waals surface area (Å²) in [5.41, 5.74) is -0.0457. The molecule has 86 valence electrons. The zero-order valence-electron chi connectivity index (χ0n) is 7.93. The maximum Gasteiger partial charge on any atom is 0.325 e. The molecule has 0 saturated heterocycles. The lowest BCUT2D eigenvalue weighted by Gasteiger charge is -2.06. The van der Waals surface area contributed by atoms with Crippen LogP contribution in [0, 0.1) is 10.1 Å². The van der Waals surface area contributed by atoms with Gasteiger partial charge >= 0.3 is 5.97 Å². The SMILES string of the molecule is O=C(Oc1ccc([N+](=O)[O-])cc1)C(Br)CBr. The Morgan fingerprint density at radius 2 is 2.00 bits per heavy atom. The maximum absolute atomic E-state index is 11.3. The first-order valence-corrected chi connectivity index (χ1v) is 6.24. The second-order valence-electron chi connectivity index (χ2n) is 2.79. The van der Waals surface area contributed by atoms with E-state index in [1.807, 2.05) is 0 Å². The molecule has 0 fully saturated rings. The molecule has 0 radical (unpaired) electrons. The minimum Gasteiger partial charge on any atom is -0.426 e. The fourth-order valence-corrected chi connectivity index (χ4v) is 1.24. The van der Waals surface area contributed by atoms with Crippen LogP contribution in [-0.4, -0.2) is 21.0 Å². The Kier molecular flexibility index (Phi) is 4.88. The van der Waals surface area contributed by atoms with Crippen LogP contribution in [0.5, 0.6) is 5.75 Å². The van der Waals surface area contributed by atoms with Gasteiger partial charge in [0, 0.05) is 17.5 Å². The molecule has 0 amide bonds. The zero-order chi connectivity index (χ0) is 12.1. The van der Waals surface area contributed by atoms with Crippen molar-refractivity contribution in [1.82, 2.24) is 0 Å². The van der Waals surface area contributed by atoms with E-state index in [0.29, 0.717) is 5.33 Å². The molecule has 7 heteroatoms. The minimum atomic E-state index is -0.516. The number of nitro benzene ring substituents is 1. The Balaban J connectivity index is 2.69. The summed E-state index contributed by atoms with van der Waals surface area (Å²) in [7, 11) is 0. The van der Waals surface area contributed by atoms with Gasteiger partial charge in [0.2, 0.25) is 0 Å². The lowest BCUT2D eigenvalue weighted by Crippen LogP contribution is -2.21. The number of hydrogen-bond donors (Lipinski definition) is 0. The highest BCUT2D eigenvalue weighted by Gasteiger charge is 2.16. The molecule has 0 aliphatic rings. The highest BCUT2D eigenvalue weighted by Crippen LogP contribution is 2.18. The molecular formula is C9H7Br2NO4. The molecule has 1 atom stereocenters. The normalized spacial score (nSPS) is 11.9. The van der Waals surface area contributed by atoms with Gasteiger partial charge in [-0.1, -0.05) is 31.9 Å². The number of rotatable bonds is 4. The van der Waals surface area contributed by atoms with Gasteiger partial charge in [-0.2, -0.15) is 0 Å². The van der Waals surface area contributed by atoms with Crippen LogP contribution in [0.2, 0.25) is 0 Å². The Hall–Kier alpha value is -0.950. The van der Waals surface area contributed by atoms with Gasteiger partial charge in [-0.05, 0) is 12.1 Å². The molecular weight excluding hydrogens is 346 g/mol. The van der Waals surface area contributed by atoms with E-state index in [-0.39, 0.29) is 11.4 Å². The third-order valence-electron chi connectivity index (χ3n) is 1.66. The van der Waals surface area contributed by atoms with Crippen LogP contribution in [0.15, 0.2) is 24.3 Å². The quantitative estimate of drug-likeness (QED) is 0.274. The van der Waals surface area contributed by atoms with Crippen molar-refractivity contribution in [1.29, 1.82) is 0 Å². The van der Waals surface area contributed by atoms with Crippen LogP contribution in [0.3, 0.4) is 0 Å². The number of esters is 1. The lowest BCUT2D eigenvalue weighted by molar-refractivity contribution is -0.384. The van der Waals surface area contributed by atoms with Crippen molar-refractivity contribution >= 4 is 43.5 Å². The van der Waals surface area contributed by atoms with Gasteiger partial charge in [0.25, 0.3) is 5.69 Å². The summed E-state index contributed by atoms with van der Waals surface area (Å²) < 4.78 is 4.96. The molecule has 16 heavy (non-hydrogen) atoms. The van der Waals surface area contributed by atoms with E-state index in [4.69, 9.17) is 4.74 Å². The summed E-state index contributed by atoms with van der Waals surface area (Å²) in [5.74, 6) is -0.174. The van der Waals surface area contributed by atoms with Crippen molar-refractivity contribution in [2.24, 2.45) is 0 Å². The first-order chi connectivity index (χ1) is 7.54. The van der Waals surface area contributed by atoms with Crippen molar-refractivity contribution in [3.63, 3.8) is 0 Å². The molecule has 0 N–H and O–H groups in total. The van der Waals surface area contributed by atoms with Crippen molar-refractivity contribution < 1.29 is 14.5 Å². The van der Waals surface area contributed by atoms with Gasteiger partial charge in [0.15, 0.2) is 0 Å². The summed E-state index contributed by atoms with van der Waals surface area (Å²) in [6, 6.07) is 5.31. The fraction of sp³-hybridized carbons (Fsp3) is 0.222. The standard InChI is InChI=1S/C9H7Br2NO4/c10-5-8(11)9(13)16-7-3-1-6(2-4-7)12(14)15/h1-4,8H,5H2. The average Bonchev–Trinajstić information content (AvgIpc) is 2.28. The van der Waals surface area contributed by atoms with E-state index >= 15 is 0 Å². The van der Waals surface area contributed by atoms with Crippen LogP contribution in [0.4, 0.5) is 5.69 Å². The molecule has 1 unspecified atom stereocenters. The van der Waals surface area contributed by atoms with Gasteiger partial charge in [-0.3, -0.25) is 14.9 Å². The molecule has 0 heterocycles. The Morgan fingerprint density at radius 3 is 2.44 bits per heavy atom. The maximum atomic E-state index is 11.3. The average molecular weight is 353 g/mol. The Morgan fingerprint density at radius 1 is 1.44 bits per heavy atom. The first kappa shape index (κ1) is 13.1. The number of benzene rings is 1. The molecule has 1 aromatic rings. The molecule has 5 nitrogen and oxygen atoms in total. The van der Waals surface area contributed by atoms with E-state index in [2.05, 4.69) is 31.9 Å². The van der Waals surface area contributed by atoms with Gasteiger partial charge in [-0.25, -0.2) is 0 Å². The third-order valence-corrected chi connectivity index (χ3v) is 3.87. The number of nitrogens with zero attached hydrogens (tertiary/aromatic N) is 1. The predicted molar refractivity (Wildman–Crippen MR) is 65.2 cm³/mol. The monoisotopic (exact) mass is 351 g/mol. The van der Waals surface area contributed by atoms with E-state index < -0.39 is 15.7 Å². The van der Waals surface area contributed by atoms with Crippen LogP contribution < -0.4 is 4.74 Å². The number of hydrogen-bond acceptors (Lipinski definition) is 4. The van der Waals surface area contributed by atoms with Gasteiger partial charge < -0.3 is 4.74 Å². The van der Waals surface area contributed by atoms with E-state index in [0.717, 1.165) is 0 Å². The summed E-state index contributed by atoms with van der Waals surface area (Å²) in [6.45, 7) is 0. The largest absolute Gasteiger partial charge is 0.426 e. The lowest BCUT2D eigenvalue weighted by atomic mass is 10.3. The van der Waals surface area contributed by atoms with Crippen LogP contribution in [0.1, 0.15) is 0 Å². The highest BCUT2D eigenvalue weighted by atomic mass is 79.9. The summed E-state index contributed by atoms with van der Waals surface area (Å²) in [5, 5.41) is 10.8. The summed E-state index contributed by atoms with van der Waals surface area (Å²) >= 11 is 6.23. The zero-order valence-corrected chi connectivity index (χ0v) is 11.1. The van der Waals surface area contributed by atoms with Gasteiger partial charge in [-0.15, -0.1) is 0 Å². The van der Waals surface area contributed by atoms with Gasteiger partial charge in [0.05, 0.1) is 4.92 Å². The second kappa shape index (κ2) is 5.95. The predicted octanol–water partition coefficient (Wildman–Crippen LogP) is 2.66. The Bertz CT molecular complexity index is 393. The van der Waals surface area contributed by atoms with Crippen molar-refractivity contribution in [3.8, 4) is 5.75 Å². The summed E-state index contributed by atoms with van der Waals surface area (Å²) in [6.07, 6.45) is 0. The van der Waals surface area contributed by atoms with E-state index in [1.54, 1.807) is 0 Å². The number of non-ortho nitro benzene ring substituents is 1. The molecule has 0 aliphatic heterocycles. The molecule has 1 aromatic carbocycles. The molecule has 0 aliphatic carbocycles. The number of halogens is 2. The van der Waals surface area contributed by atoms with Crippen molar-refractivity contribution in [2.75, 3.05) is 5.33 Å². The van der Waals surface area contributed by atoms with Gasteiger partial charge in [0.1, 0.15) is 10.6 Å². The number of ether oxygens (including phenoxy) is 1. The van der Waals surface area contributed by atoms with Crippen LogP contribution in [0.25, 0.3) is 0 Å². The van der Waals surface area contributed by atoms with E-state index in [9.17, 15) is 14.9 Å². The smallest absolute Gasteiger partial charge is 0.325 e. The third kappa shape index (κ3) is 3.57. The van der Waals surface area contributed by atoms with Crippen LogP contribution in [-0.2, 0) is 4.79 Å². The topological polar surface area (TPSA) is 69.4 Å². The number of carbonyl (C=O) groups excluding carboxylic acids is 1. The number of alkyl halides is 2. The van der Waals surface area contributed by atoms with Crippen molar-refractivity contribution in [2.45, 2.75) is 4.83 Å². The molecule has 0 bridgehead atoms. The first-order valence-electron chi connectivity index (χ1n) is 4.20. The van der Waals surface area contributed by atoms with E-state index in [1.165, 1.54) is 24.3 Å². The number of nitro groups is 1. The Labute approximate surface area is 108 Å².